The Morgan fingerprint density at radius 1 is 1.29 bits per heavy atom. The van der Waals surface area contributed by atoms with Crippen LogP contribution in [0.4, 0.5) is 11.4 Å². The van der Waals surface area contributed by atoms with Crippen molar-refractivity contribution in [2.75, 3.05) is 17.2 Å². The number of unbranched alkanes of at least 4 members (excludes halogenated alkanes) is 1. The molecule has 0 atom stereocenters. The maximum atomic E-state index is 11.3. The van der Waals surface area contributed by atoms with Gasteiger partial charge in [0, 0.05) is 24.3 Å². The molecule has 0 aliphatic rings. The molecule has 1 aromatic rings. The number of hydrogen-bond acceptors (Lipinski definition) is 2. The first-order valence-electron chi connectivity index (χ1n) is 6.31. The lowest BCUT2D eigenvalue weighted by atomic mass is 10.1. The van der Waals surface area contributed by atoms with E-state index >= 15 is 0 Å². The van der Waals surface area contributed by atoms with E-state index in [4.69, 9.17) is 0 Å². The lowest BCUT2D eigenvalue weighted by Gasteiger charge is -2.11. The van der Waals surface area contributed by atoms with Crippen molar-refractivity contribution in [2.45, 2.75) is 40.0 Å². The van der Waals surface area contributed by atoms with E-state index in [1.54, 1.807) is 0 Å². The Balaban J connectivity index is 2.68. The van der Waals surface area contributed by atoms with Crippen molar-refractivity contribution >= 4 is 17.3 Å². The van der Waals surface area contributed by atoms with E-state index in [1.807, 2.05) is 25.1 Å². The number of amides is 1. The third-order valence-corrected chi connectivity index (χ3v) is 2.69. The predicted octanol–water partition coefficient (Wildman–Crippen LogP) is 3.56. The largest absolute Gasteiger partial charge is 0.385 e. The second kappa shape index (κ2) is 6.94. The number of carbonyl (C=O) groups is 1. The van der Waals surface area contributed by atoms with Crippen molar-refractivity contribution in [2.24, 2.45) is 0 Å². The predicted molar refractivity (Wildman–Crippen MR) is 73.5 cm³/mol. The second-order valence-electron chi connectivity index (χ2n) is 4.21. The summed E-state index contributed by atoms with van der Waals surface area (Å²) in [5.74, 6) is 0.0494. The molecule has 0 aliphatic carbocycles. The van der Waals surface area contributed by atoms with Crippen LogP contribution in [0.25, 0.3) is 0 Å². The van der Waals surface area contributed by atoms with Crippen molar-refractivity contribution in [3.05, 3.63) is 23.8 Å². The van der Waals surface area contributed by atoms with Crippen molar-refractivity contribution in [3.8, 4) is 0 Å². The molecule has 0 aliphatic heterocycles. The Labute approximate surface area is 104 Å². The first-order valence-corrected chi connectivity index (χ1v) is 6.31. The van der Waals surface area contributed by atoms with Crippen LogP contribution in [0.3, 0.4) is 0 Å². The summed E-state index contributed by atoms with van der Waals surface area (Å²) in [6.07, 6.45) is 2.84. The van der Waals surface area contributed by atoms with Crippen molar-refractivity contribution in [1.29, 1.82) is 0 Å². The van der Waals surface area contributed by atoms with Crippen LogP contribution >= 0.6 is 0 Å². The molecular formula is C14H22N2O. The minimum Gasteiger partial charge on any atom is -0.385 e. The smallest absolute Gasteiger partial charge is 0.224 e. The molecule has 0 bridgehead atoms. The van der Waals surface area contributed by atoms with Gasteiger partial charge in [-0.3, -0.25) is 4.79 Å². The number of hydrogen-bond donors (Lipinski definition) is 2. The maximum Gasteiger partial charge on any atom is 0.224 e. The monoisotopic (exact) mass is 234 g/mol. The molecule has 1 aromatic carbocycles. The van der Waals surface area contributed by atoms with Crippen molar-refractivity contribution in [1.82, 2.24) is 0 Å². The Bertz CT molecular complexity index is 374. The molecular weight excluding hydrogens is 212 g/mol. The van der Waals surface area contributed by atoms with Gasteiger partial charge in [-0.25, -0.2) is 0 Å². The van der Waals surface area contributed by atoms with Gasteiger partial charge in [0.05, 0.1) is 0 Å². The van der Waals surface area contributed by atoms with Gasteiger partial charge in [0.1, 0.15) is 0 Å². The van der Waals surface area contributed by atoms with Crippen LogP contribution in [0.5, 0.6) is 0 Å². The molecule has 0 heterocycles. The summed E-state index contributed by atoms with van der Waals surface area (Å²) in [5.41, 5.74) is 3.17. The van der Waals surface area contributed by atoms with Crippen molar-refractivity contribution in [3.63, 3.8) is 0 Å². The fourth-order valence-corrected chi connectivity index (χ4v) is 1.54. The van der Waals surface area contributed by atoms with Crippen LogP contribution in [0.1, 0.15) is 38.7 Å². The zero-order valence-corrected chi connectivity index (χ0v) is 11.0. The molecule has 3 nitrogen and oxygen atoms in total. The highest BCUT2D eigenvalue weighted by atomic mass is 16.1. The number of nitrogens with one attached hydrogen (secondary N) is 2. The van der Waals surface area contributed by atoms with Crippen molar-refractivity contribution < 1.29 is 4.79 Å². The van der Waals surface area contributed by atoms with Gasteiger partial charge in [-0.05, 0) is 31.0 Å². The number of anilines is 2. The molecule has 0 radical (unpaired) electrons. The summed E-state index contributed by atoms with van der Waals surface area (Å²) >= 11 is 0. The topological polar surface area (TPSA) is 41.1 Å². The van der Waals surface area contributed by atoms with Gasteiger partial charge in [0.15, 0.2) is 0 Å². The first kappa shape index (κ1) is 13.6. The molecule has 0 fully saturated rings. The average molecular weight is 234 g/mol. The zero-order chi connectivity index (χ0) is 12.7. The summed E-state index contributed by atoms with van der Waals surface area (Å²) in [4.78, 5) is 11.3. The molecule has 0 unspecified atom stereocenters. The van der Waals surface area contributed by atoms with Gasteiger partial charge >= 0.3 is 0 Å². The molecule has 3 heteroatoms. The van der Waals surface area contributed by atoms with Gasteiger partial charge < -0.3 is 10.6 Å². The van der Waals surface area contributed by atoms with Crippen LogP contribution in [0, 0.1) is 6.92 Å². The van der Waals surface area contributed by atoms with E-state index in [1.165, 1.54) is 12.0 Å². The van der Waals surface area contributed by atoms with E-state index in [-0.39, 0.29) is 5.91 Å². The van der Waals surface area contributed by atoms with Gasteiger partial charge in [-0.2, -0.15) is 0 Å². The Morgan fingerprint density at radius 2 is 2.06 bits per heavy atom. The molecule has 1 rings (SSSR count). The highest BCUT2D eigenvalue weighted by Crippen LogP contribution is 2.20. The lowest BCUT2D eigenvalue weighted by Crippen LogP contribution is -2.10. The summed E-state index contributed by atoms with van der Waals surface area (Å²) in [5, 5.41) is 6.26. The number of rotatable bonds is 6. The average Bonchev–Trinajstić information content (AvgIpc) is 2.33. The molecule has 0 saturated heterocycles. The van der Waals surface area contributed by atoms with Gasteiger partial charge in [0.25, 0.3) is 0 Å². The molecule has 0 spiro atoms. The number of benzene rings is 1. The van der Waals surface area contributed by atoms with Crippen LogP contribution < -0.4 is 10.6 Å². The van der Waals surface area contributed by atoms with E-state index in [2.05, 4.69) is 24.5 Å². The quantitative estimate of drug-likeness (QED) is 0.739. The second-order valence-corrected chi connectivity index (χ2v) is 4.21. The van der Waals surface area contributed by atoms with Gasteiger partial charge in [-0.15, -0.1) is 0 Å². The summed E-state index contributed by atoms with van der Waals surface area (Å²) in [6.45, 7) is 7.07. The number of carbonyl (C=O) groups excluding carboxylic acids is 1. The zero-order valence-electron chi connectivity index (χ0n) is 11.0. The Hall–Kier alpha value is -1.51. The fourth-order valence-electron chi connectivity index (χ4n) is 1.54. The van der Waals surface area contributed by atoms with Gasteiger partial charge in [0.2, 0.25) is 5.91 Å². The molecule has 0 aromatic heterocycles. The van der Waals surface area contributed by atoms with Crippen LogP contribution in [0.15, 0.2) is 18.2 Å². The molecule has 94 valence electrons. The molecule has 17 heavy (non-hydrogen) atoms. The lowest BCUT2D eigenvalue weighted by molar-refractivity contribution is -0.115. The maximum absolute atomic E-state index is 11.3. The van der Waals surface area contributed by atoms with E-state index in [9.17, 15) is 4.79 Å². The van der Waals surface area contributed by atoms with Crippen LogP contribution in [0.2, 0.25) is 0 Å². The minimum absolute atomic E-state index is 0.0494. The fraction of sp³-hybridized carbons (Fsp3) is 0.500. The first-order chi connectivity index (χ1) is 8.17. The standard InChI is InChI=1S/C14H22N2O/c1-4-6-9-15-13-10-12(8-7-11(13)3)16-14(17)5-2/h7-8,10,15H,4-6,9H2,1-3H3,(H,16,17). The highest BCUT2D eigenvalue weighted by Gasteiger charge is 2.02. The third kappa shape index (κ3) is 4.47. The van der Waals surface area contributed by atoms with Crippen LogP contribution in [-0.4, -0.2) is 12.5 Å². The van der Waals surface area contributed by atoms with Gasteiger partial charge in [-0.1, -0.05) is 26.3 Å². The van der Waals surface area contributed by atoms with E-state index in [0.29, 0.717) is 6.42 Å². The Morgan fingerprint density at radius 3 is 2.71 bits per heavy atom. The normalized spacial score (nSPS) is 10.1. The Kier molecular flexibility index (Phi) is 5.53. The molecule has 2 N–H and O–H groups in total. The van der Waals surface area contributed by atoms with E-state index in [0.717, 1.165) is 24.3 Å². The van der Waals surface area contributed by atoms with Crippen LogP contribution in [-0.2, 0) is 4.79 Å². The SMILES string of the molecule is CCCCNc1cc(NC(=O)CC)ccc1C. The summed E-state index contributed by atoms with van der Waals surface area (Å²) in [6, 6.07) is 5.96. The minimum atomic E-state index is 0.0494. The third-order valence-electron chi connectivity index (χ3n) is 2.69. The van der Waals surface area contributed by atoms with E-state index < -0.39 is 0 Å². The summed E-state index contributed by atoms with van der Waals surface area (Å²) < 4.78 is 0. The summed E-state index contributed by atoms with van der Waals surface area (Å²) in [7, 11) is 0. The highest BCUT2D eigenvalue weighted by molar-refractivity contribution is 5.91. The molecule has 1 amide bonds. The molecule has 0 saturated carbocycles. The number of aryl methyl sites for hydroxylation is 1.